The van der Waals surface area contributed by atoms with Crippen molar-refractivity contribution in [2.45, 2.75) is 19.4 Å². The summed E-state index contributed by atoms with van der Waals surface area (Å²) in [7, 11) is 1.62. The molecule has 26 heavy (non-hydrogen) atoms. The zero-order valence-electron chi connectivity index (χ0n) is 14.5. The minimum Gasteiger partial charge on any atom is -0.497 e. The highest BCUT2D eigenvalue weighted by atomic mass is 16.5. The lowest BCUT2D eigenvalue weighted by Crippen LogP contribution is -2.45. The molecule has 0 spiro atoms. The summed E-state index contributed by atoms with van der Waals surface area (Å²) in [6, 6.07) is 11.1. The number of amides is 2. The predicted molar refractivity (Wildman–Crippen MR) is 95.6 cm³/mol. The zero-order valence-corrected chi connectivity index (χ0v) is 14.5. The maximum absolute atomic E-state index is 12.1. The van der Waals surface area contributed by atoms with Crippen LogP contribution in [-0.4, -0.2) is 30.5 Å². The van der Waals surface area contributed by atoms with Gasteiger partial charge in [-0.25, -0.2) is 0 Å². The maximum Gasteiger partial charge on any atom is 0.244 e. The maximum atomic E-state index is 12.1. The van der Waals surface area contributed by atoms with Crippen LogP contribution < -0.4 is 15.5 Å². The van der Waals surface area contributed by atoms with Crippen LogP contribution in [-0.2, 0) is 16.1 Å². The Morgan fingerprint density at radius 2 is 2.12 bits per heavy atom. The predicted octanol–water partition coefficient (Wildman–Crippen LogP) is 2.07. The number of ether oxygens (including phenoxy) is 1. The lowest BCUT2D eigenvalue weighted by atomic mass is 10.1. The fraction of sp³-hybridized carbons (Fsp3) is 0.263. The lowest BCUT2D eigenvalue weighted by molar-refractivity contribution is -0.133. The molecule has 0 saturated heterocycles. The molecule has 3 rings (SSSR count). The second kappa shape index (κ2) is 8.24. The van der Waals surface area contributed by atoms with Crippen molar-refractivity contribution in [1.29, 1.82) is 0 Å². The van der Waals surface area contributed by atoms with E-state index in [1.165, 1.54) is 5.01 Å². The Bertz CT molecular complexity index is 782. The molecule has 2 N–H and O–H groups in total. The van der Waals surface area contributed by atoms with Crippen molar-refractivity contribution in [3.05, 3.63) is 60.1 Å². The summed E-state index contributed by atoms with van der Waals surface area (Å²) in [6.45, 7) is 0.626. The van der Waals surface area contributed by atoms with Crippen LogP contribution in [0.15, 0.2) is 53.2 Å². The topological polar surface area (TPSA) is 83.8 Å². The second-order valence-corrected chi connectivity index (χ2v) is 5.81. The van der Waals surface area contributed by atoms with Gasteiger partial charge in [0.1, 0.15) is 11.5 Å². The molecule has 7 nitrogen and oxygen atoms in total. The molecule has 1 aromatic carbocycles. The van der Waals surface area contributed by atoms with Gasteiger partial charge in [0.05, 0.1) is 32.2 Å². The summed E-state index contributed by atoms with van der Waals surface area (Å²) in [5.41, 5.74) is 4.87. The Balaban J connectivity index is 1.52. The smallest absolute Gasteiger partial charge is 0.244 e. The Morgan fingerprint density at radius 1 is 1.31 bits per heavy atom. The molecule has 1 aromatic heterocycles. The Kier molecular flexibility index (Phi) is 5.58. The number of hydrazine groups is 1. The molecule has 7 heteroatoms. The first kappa shape index (κ1) is 17.6. The van der Waals surface area contributed by atoms with E-state index in [4.69, 9.17) is 9.15 Å². The van der Waals surface area contributed by atoms with E-state index in [-0.39, 0.29) is 24.8 Å². The number of methoxy groups -OCH3 is 1. The molecule has 2 aromatic rings. The minimum atomic E-state index is -0.142. The Hall–Kier alpha value is -3.22. The summed E-state index contributed by atoms with van der Waals surface area (Å²) in [5.74, 6) is 1.25. The molecule has 2 heterocycles. The fourth-order valence-corrected chi connectivity index (χ4v) is 2.59. The van der Waals surface area contributed by atoms with E-state index in [1.54, 1.807) is 25.5 Å². The molecule has 0 aliphatic carbocycles. The molecule has 2 amide bonds. The number of nitrogens with one attached hydrogen (secondary N) is 2. The summed E-state index contributed by atoms with van der Waals surface area (Å²) >= 11 is 0. The van der Waals surface area contributed by atoms with Crippen molar-refractivity contribution in [3.8, 4) is 5.75 Å². The molecule has 1 aliphatic heterocycles. The molecule has 136 valence electrons. The third-order valence-electron chi connectivity index (χ3n) is 4.04. The molecule has 0 saturated carbocycles. The number of carbonyl (C=O) groups is 2. The van der Waals surface area contributed by atoms with E-state index in [9.17, 15) is 9.59 Å². The van der Waals surface area contributed by atoms with Crippen molar-refractivity contribution in [2.24, 2.45) is 0 Å². The summed E-state index contributed by atoms with van der Waals surface area (Å²) < 4.78 is 10.3. The Labute approximate surface area is 151 Å². The molecule has 0 bridgehead atoms. The summed E-state index contributed by atoms with van der Waals surface area (Å²) in [4.78, 5) is 24.0. The summed E-state index contributed by atoms with van der Waals surface area (Å²) in [6.07, 6.45) is 3.90. The summed E-state index contributed by atoms with van der Waals surface area (Å²) in [5, 5.41) is 4.25. The van der Waals surface area contributed by atoms with Crippen molar-refractivity contribution < 1.29 is 18.7 Å². The SMILES string of the molecule is COc1ccc(C2=CCC(=O)N(CCC(=O)NCc3ccco3)N2)cc1. The monoisotopic (exact) mass is 355 g/mol. The van der Waals surface area contributed by atoms with Gasteiger partial charge < -0.3 is 14.5 Å². The highest BCUT2D eigenvalue weighted by Crippen LogP contribution is 2.20. The van der Waals surface area contributed by atoms with E-state index >= 15 is 0 Å². The van der Waals surface area contributed by atoms with E-state index in [0.717, 1.165) is 17.0 Å². The quantitative estimate of drug-likeness (QED) is 0.794. The van der Waals surface area contributed by atoms with Crippen molar-refractivity contribution in [2.75, 3.05) is 13.7 Å². The first-order valence-corrected chi connectivity index (χ1v) is 8.36. The Morgan fingerprint density at radius 3 is 2.81 bits per heavy atom. The minimum absolute atomic E-state index is 0.0684. The van der Waals surface area contributed by atoms with Crippen LogP contribution in [0.4, 0.5) is 0 Å². The molecule has 1 aliphatic rings. The normalized spacial score (nSPS) is 13.8. The number of carbonyl (C=O) groups excluding carboxylic acids is 2. The van der Waals surface area contributed by atoms with E-state index in [2.05, 4.69) is 10.7 Å². The number of rotatable bonds is 7. The van der Waals surface area contributed by atoms with E-state index < -0.39 is 0 Å². The van der Waals surface area contributed by atoms with Gasteiger partial charge in [0.25, 0.3) is 0 Å². The van der Waals surface area contributed by atoms with Crippen LogP contribution >= 0.6 is 0 Å². The largest absolute Gasteiger partial charge is 0.497 e. The van der Waals surface area contributed by atoms with Crippen molar-refractivity contribution >= 4 is 17.5 Å². The van der Waals surface area contributed by atoms with Crippen LogP contribution in [0.5, 0.6) is 5.75 Å². The molecule has 0 unspecified atom stereocenters. The van der Waals surface area contributed by atoms with Gasteiger partial charge in [-0.1, -0.05) is 0 Å². The average molecular weight is 355 g/mol. The van der Waals surface area contributed by atoms with Gasteiger partial charge in [-0.15, -0.1) is 0 Å². The van der Waals surface area contributed by atoms with Crippen LogP contribution in [0.3, 0.4) is 0 Å². The third kappa shape index (κ3) is 4.44. The molecule has 0 fully saturated rings. The molecular weight excluding hydrogens is 334 g/mol. The third-order valence-corrected chi connectivity index (χ3v) is 4.04. The zero-order chi connectivity index (χ0) is 18.4. The van der Waals surface area contributed by atoms with Crippen molar-refractivity contribution in [1.82, 2.24) is 15.8 Å². The van der Waals surface area contributed by atoms with Crippen LogP contribution in [0, 0.1) is 0 Å². The highest BCUT2D eigenvalue weighted by Gasteiger charge is 2.20. The number of benzene rings is 1. The second-order valence-electron chi connectivity index (χ2n) is 5.81. The molecule has 0 radical (unpaired) electrons. The fourth-order valence-electron chi connectivity index (χ4n) is 2.59. The lowest BCUT2D eigenvalue weighted by Gasteiger charge is -2.29. The van der Waals surface area contributed by atoms with Gasteiger partial charge in [-0.05, 0) is 48.0 Å². The van der Waals surface area contributed by atoms with Gasteiger partial charge in [0.2, 0.25) is 11.8 Å². The van der Waals surface area contributed by atoms with Crippen LogP contribution in [0.25, 0.3) is 5.70 Å². The number of furan rings is 1. The van der Waals surface area contributed by atoms with Gasteiger partial charge >= 0.3 is 0 Å². The molecular formula is C19H21N3O4. The van der Waals surface area contributed by atoms with E-state index in [0.29, 0.717) is 18.7 Å². The first-order chi connectivity index (χ1) is 12.7. The standard InChI is InChI=1S/C19H21N3O4/c1-25-15-6-4-14(5-7-15)17-8-9-19(24)22(21-17)11-10-18(23)20-13-16-3-2-12-26-16/h2-8,12,21H,9-11,13H2,1H3,(H,20,23). The number of hydrogen-bond donors (Lipinski definition) is 2. The number of nitrogens with zero attached hydrogens (tertiary/aromatic N) is 1. The van der Waals surface area contributed by atoms with Crippen molar-refractivity contribution in [3.63, 3.8) is 0 Å². The van der Waals surface area contributed by atoms with Gasteiger partial charge in [-0.3, -0.25) is 20.0 Å². The highest BCUT2D eigenvalue weighted by molar-refractivity contribution is 5.84. The van der Waals surface area contributed by atoms with Crippen LogP contribution in [0.1, 0.15) is 24.2 Å². The van der Waals surface area contributed by atoms with Gasteiger partial charge in [0, 0.05) is 12.8 Å². The average Bonchev–Trinajstić information content (AvgIpc) is 3.19. The molecule has 0 atom stereocenters. The van der Waals surface area contributed by atoms with Gasteiger partial charge in [-0.2, -0.15) is 0 Å². The van der Waals surface area contributed by atoms with Crippen LogP contribution in [0.2, 0.25) is 0 Å². The van der Waals surface area contributed by atoms with E-state index in [1.807, 2.05) is 30.3 Å². The van der Waals surface area contributed by atoms with Gasteiger partial charge in [0.15, 0.2) is 0 Å². The number of hydrogen-bond acceptors (Lipinski definition) is 5. The first-order valence-electron chi connectivity index (χ1n) is 8.36.